The smallest absolute Gasteiger partial charge is 0.251 e. The molecule has 1 amide bonds. The van der Waals surface area contributed by atoms with Crippen LogP contribution in [0.15, 0.2) is 24.3 Å². The Morgan fingerprint density at radius 2 is 2.00 bits per heavy atom. The van der Waals surface area contributed by atoms with E-state index in [1.54, 1.807) is 0 Å². The highest BCUT2D eigenvalue weighted by Crippen LogP contribution is 2.19. The van der Waals surface area contributed by atoms with Crippen molar-refractivity contribution in [2.75, 3.05) is 11.9 Å². The van der Waals surface area contributed by atoms with Gasteiger partial charge in [0.05, 0.1) is 0 Å². The van der Waals surface area contributed by atoms with E-state index in [1.165, 1.54) is 0 Å². The van der Waals surface area contributed by atoms with Gasteiger partial charge < -0.3 is 10.6 Å². The van der Waals surface area contributed by atoms with Crippen LogP contribution in [0.4, 0.5) is 5.69 Å². The number of benzene rings is 1. The van der Waals surface area contributed by atoms with Gasteiger partial charge in [0, 0.05) is 23.8 Å². The van der Waals surface area contributed by atoms with Gasteiger partial charge in [0.15, 0.2) is 0 Å². The molecule has 1 aromatic rings. The van der Waals surface area contributed by atoms with Gasteiger partial charge in [-0.1, -0.05) is 6.92 Å². The van der Waals surface area contributed by atoms with E-state index in [4.69, 9.17) is 0 Å². The summed E-state index contributed by atoms with van der Waals surface area (Å²) in [6.45, 7) is 3.10. The molecule has 1 aliphatic carbocycles. The van der Waals surface area contributed by atoms with E-state index in [1.807, 2.05) is 24.3 Å². The molecule has 2 rings (SSSR count). The second-order valence-electron chi connectivity index (χ2n) is 4.25. The SMILES string of the molecule is CCCNc1ccc(C(=O)NC2CC2)cc1. The molecule has 3 heteroatoms. The first-order chi connectivity index (χ1) is 7.79. The predicted octanol–water partition coefficient (Wildman–Crippen LogP) is 2.40. The molecule has 86 valence electrons. The van der Waals surface area contributed by atoms with Crippen LogP contribution in [0.1, 0.15) is 36.5 Å². The lowest BCUT2D eigenvalue weighted by atomic mass is 10.2. The molecule has 0 heterocycles. The number of amides is 1. The molecule has 16 heavy (non-hydrogen) atoms. The summed E-state index contributed by atoms with van der Waals surface area (Å²) < 4.78 is 0. The summed E-state index contributed by atoms with van der Waals surface area (Å²) in [4.78, 5) is 11.7. The Kier molecular flexibility index (Phi) is 3.44. The quantitative estimate of drug-likeness (QED) is 0.796. The zero-order valence-corrected chi connectivity index (χ0v) is 9.62. The summed E-state index contributed by atoms with van der Waals surface area (Å²) in [6.07, 6.45) is 3.35. The van der Waals surface area contributed by atoms with Crippen LogP contribution in [0.25, 0.3) is 0 Å². The Hall–Kier alpha value is -1.51. The Balaban J connectivity index is 1.92. The second kappa shape index (κ2) is 5.01. The minimum absolute atomic E-state index is 0.0459. The van der Waals surface area contributed by atoms with Crippen molar-refractivity contribution in [1.82, 2.24) is 5.32 Å². The molecule has 0 bridgehead atoms. The minimum Gasteiger partial charge on any atom is -0.385 e. The highest BCUT2D eigenvalue weighted by atomic mass is 16.1. The largest absolute Gasteiger partial charge is 0.385 e. The zero-order valence-electron chi connectivity index (χ0n) is 9.62. The van der Waals surface area contributed by atoms with Crippen molar-refractivity contribution in [3.8, 4) is 0 Å². The van der Waals surface area contributed by atoms with Gasteiger partial charge in [-0.25, -0.2) is 0 Å². The standard InChI is InChI=1S/C13H18N2O/c1-2-9-14-11-5-3-10(4-6-11)13(16)15-12-7-8-12/h3-6,12,14H,2,7-9H2,1H3,(H,15,16). The number of nitrogens with one attached hydrogen (secondary N) is 2. The Morgan fingerprint density at radius 3 is 2.56 bits per heavy atom. The highest BCUT2D eigenvalue weighted by molar-refractivity contribution is 5.94. The van der Waals surface area contributed by atoms with Crippen LogP contribution in [0.5, 0.6) is 0 Å². The average Bonchev–Trinajstić information content (AvgIpc) is 3.11. The molecule has 1 aliphatic rings. The molecule has 2 N–H and O–H groups in total. The number of anilines is 1. The minimum atomic E-state index is 0.0459. The van der Waals surface area contributed by atoms with Gasteiger partial charge >= 0.3 is 0 Å². The van der Waals surface area contributed by atoms with Crippen LogP contribution in [-0.2, 0) is 0 Å². The fourth-order valence-corrected chi connectivity index (χ4v) is 1.51. The lowest BCUT2D eigenvalue weighted by Gasteiger charge is -2.06. The molecule has 3 nitrogen and oxygen atoms in total. The van der Waals surface area contributed by atoms with Gasteiger partial charge in [-0.05, 0) is 43.5 Å². The molecular formula is C13H18N2O. The third kappa shape index (κ3) is 2.99. The van der Waals surface area contributed by atoms with E-state index < -0.39 is 0 Å². The van der Waals surface area contributed by atoms with Gasteiger partial charge in [-0.2, -0.15) is 0 Å². The summed E-state index contributed by atoms with van der Waals surface area (Å²) in [5.74, 6) is 0.0459. The molecule has 0 saturated heterocycles. The van der Waals surface area contributed by atoms with Crippen LogP contribution < -0.4 is 10.6 Å². The van der Waals surface area contributed by atoms with E-state index in [9.17, 15) is 4.79 Å². The monoisotopic (exact) mass is 218 g/mol. The van der Waals surface area contributed by atoms with Crippen molar-refractivity contribution in [3.05, 3.63) is 29.8 Å². The first-order valence-corrected chi connectivity index (χ1v) is 5.94. The average molecular weight is 218 g/mol. The molecular weight excluding hydrogens is 200 g/mol. The predicted molar refractivity (Wildman–Crippen MR) is 65.7 cm³/mol. The molecule has 1 saturated carbocycles. The van der Waals surface area contributed by atoms with Crippen molar-refractivity contribution in [2.45, 2.75) is 32.2 Å². The van der Waals surface area contributed by atoms with Crippen LogP contribution in [0.2, 0.25) is 0 Å². The van der Waals surface area contributed by atoms with Gasteiger partial charge in [-0.3, -0.25) is 4.79 Å². The number of carbonyl (C=O) groups excluding carboxylic acids is 1. The van der Waals surface area contributed by atoms with E-state index in [0.717, 1.165) is 37.1 Å². The van der Waals surface area contributed by atoms with Crippen molar-refractivity contribution in [3.63, 3.8) is 0 Å². The summed E-state index contributed by atoms with van der Waals surface area (Å²) in [7, 11) is 0. The fraction of sp³-hybridized carbons (Fsp3) is 0.462. The Morgan fingerprint density at radius 1 is 1.31 bits per heavy atom. The topological polar surface area (TPSA) is 41.1 Å². The van der Waals surface area contributed by atoms with E-state index in [-0.39, 0.29) is 5.91 Å². The zero-order chi connectivity index (χ0) is 11.4. The van der Waals surface area contributed by atoms with Gasteiger partial charge in [-0.15, -0.1) is 0 Å². The summed E-state index contributed by atoms with van der Waals surface area (Å²) in [5.41, 5.74) is 1.82. The van der Waals surface area contributed by atoms with Crippen LogP contribution in [0.3, 0.4) is 0 Å². The van der Waals surface area contributed by atoms with Crippen molar-refractivity contribution >= 4 is 11.6 Å². The molecule has 0 aliphatic heterocycles. The number of rotatable bonds is 5. The van der Waals surface area contributed by atoms with Crippen molar-refractivity contribution in [2.24, 2.45) is 0 Å². The molecule has 1 aromatic carbocycles. The first-order valence-electron chi connectivity index (χ1n) is 5.94. The van der Waals surface area contributed by atoms with Crippen LogP contribution >= 0.6 is 0 Å². The molecule has 0 aromatic heterocycles. The molecule has 1 fully saturated rings. The molecule has 0 radical (unpaired) electrons. The van der Waals surface area contributed by atoms with Crippen molar-refractivity contribution < 1.29 is 4.79 Å². The maximum Gasteiger partial charge on any atom is 0.251 e. The molecule has 0 unspecified atom stereocenters. The Bertz CT molecular complexity index is 355. The maximum absolute atomic E-state index is 11.7. The Labute approximate surface area is 96.2 Å². The first kappa shape index (κ1) is 11.0. The summed E-state index contributed by atoms with van der Waals surface area (Å²) in [6, 6.07) is 8.07. The van der Waals surface area contributed by atoms with Crippen molar-refractivity contribution in [1.29, 1.82) is 0 Å². The molecule has 0 spiro atoms. The normalized spacial score (nSPS) is 14.6. The van der Waals surface area contributed by atoms with Gasteiger partial charge in [0.25, 0.3) is 5.91 Å². The fourth-order valence-electron chi connectivity index (χ4n) is 1.51. The third-order valence-electron chi connectivity index (χ3n) is 2.64. The molecule has 0 atom stereocenters. The van der Waals surface area contributed by atoms with E-state index >= 15 is 0 Å². The van der Waals surface area contributed by atoms with Crippen LogP contribution in [0, 0.1) is 0 Å². The van der Waals surface area contributed by atoms with E-state index in [2.05, 4.69) is 17.6 Å². The summed E-state index contributed by atoms with van der Waals surface area (Å²) in [5, 5.41) is 6.26. The van der Waals surface area contributed by atoms with Crippen LogP contribution in [-0.4, -0.2) is 18.5 Å². The third-order valence-corrected chi connectivity index (χ3v) is 2.64. The number of hydrogen-bond donors (Lipinski definition) is 2. The lowest BCUT2D eigenvalue weighted by Crippen LogP contribution is -2.25. The van der Waals surface area contributed by atoms with Gasteiger partial charge in [0.2, 0.25) is 0 Å². The van der Waals surface area contributed by atoms with Gasteiger partial charge in [0.1, 0.15) is 0 Å². The highest BCUT2D eigenvalue weighted by Gasteiger charge is 2.23. The maximum atomic E-state index is 11.7. The lowest BCUT2D eigenvalue weighted by molar-refractivity contribution is 0.0951. The van der Waals surface area contributed by atoms with E-state index in [0.29, 0.717) is 6.04 Å². The number of carbonyl (C=O) groups is 1. The number of hydrogen-bond acceptors (Lipinski definition) is 2. The summed E-state index contributed by atoms with van der Waals surface area (Å²) >= 11 is 0. The second-order valence-corrected chi connectivity index (χ2v) is 4.25.